The molecule has 0 bridgehead atoms. The number of imidazole rings is 2. The molecule has 0 aliphatic rings. The summed E-state index contributed by atoms with van der Waals surface area (Å²) >= 11 is 0. The maximum Gasteiger partial charge on any atom is 0.297 e. The van der Waals surface area contributed by atoms with Crippen molar-refractivity contribution >= 4 is 23.2 Å². The zero-order valence-electron chi connectivity index (χ0n) is 18.4. The van der Waals surface area contributed by atoms with E-state index < -0.39 is 11.7 Å². The summed E-state index contributed by atoms with van der Waals surface area (Å²) in [5, 5.41) is 7.17. The number of Topliss-reactive ketones (excluding diaryl/α,β-unsaturated/α-hetero) is 1. The second-order valence-electron chi connectivity index (χ2n) is 7.72. The van der Waals surface area contributed by atoms with E-state index in [-0.39, 0.29) is 11.6 Å². The molecule has 5 rings (SSSR count). The largest absolute Gasteiger partial charge is 0.330 e. The zero-order chi connectivity index (χ0) is 23.8. The lowest BCUT2D eigenvalue weighted by Crippen LogP contribution is -2.22. The number of aryl methyl sites for hydroxylation is 1. The fourth-order valence-electron chi connectivity index (χ4n) is 3.67. The molecule has 0 radical (unpaired) electrons. The van der Waals surface area contributed by atoms with Crippen LogP contribution in [0.4, 0.5) is 10.2 Å². The summed E-state index contributed by atoms with van der Waals surface area (Å²) in [6, 6.07) is 18.0. The van der Waals surface area contributed by atoms with Crippen molar-refractivity contribution in [2.75, 3.05) is 5.32 Å². The molecular formula is C25H19FN6O2. The summed E-state index contributed by atoms with van der Waals surface area (Å²) in [5.74, 6) is -0.777. The van der Waals surface area contributed by atoms with Gasteiger partial charge in [-0.25, -0.2) is 18.9 Å². The molecule has 3 heterocycles. The van der Waals surface area contributed by atoms with E-state index in [1.807, 2.05) is 18.5 Å². The molecule has 0 unspecified atom stereocenters. The number of fused-ring (bicyclic) bond motifs is 1. The molecule has 8 nitrogen and oxygen atoms in total. The molecule has 0 saturated heterocycles. The molecule has 1 amide bonds. The van der Waals surface area contributed by atoms with Crippen molar-refractivity contribution in [1.29, 1.82) is 0 Å². The zero-order valence-corrected chi connectivity index (χ0v) is 18.4. The van der Waals surface area contributed by atoms with Crippen molar-refractivity contribution in [3.8, 4) is 22.6 Å². The predicted molar refractivity (Wildman–Crippen MR) is 125 cm³/mol. The summed E-state index contributed by atoms with van der Waals surface area (Å²) in [5.41, 5.74) is 3.60. The van der Waals surface area contributed by atoms with Crippen molar-refractivity contribution < 1.29 is 14.0 Å². The van der Waals surface area contributed by atoms with Crippen LogP contribution in [0.3, 0.4) is 0 Å². The summed E-state index contributed by atoms with van der Waals surface area (Å²) in [6.45, 7) is 1.88. The Balaban J connectivity index is 1.48. The number of halogens is 1. The monoisotopic (exact) mass is 454 g/mol. The van der Waals surface area contributed by atoms with E-state index in [0.717, 1.165) is 17.1 Å². The molecule has 9 heteroatoms. The van der Waals surface area contributed by atoms with Crippen LogP contribution in [-0.4, -0.2) is 35.8 Å². The molecule has 0 fully saturated rings. The average Bonchev–Trinajstić information content (AvgIpc) is 3.38. The average molecular weight is 454 g/mol. The molecule has 0 aliphatic heterocycles. The Kier molecular flexibility index (Phi) is 5.21. The third-order valence-electron chi connectivity index (χ3n) is 5.48. The first kappa shape index (κ1) is 21.2. The van der Waals surface area contributed by atoms with E-state index in [1.54, 1.807) is 54.6 Å². The van der Waals surface area contributed by atoms with Gasteiger partial charge in [0, 0.05) is 18.2 Å². The number of carbonyl (C=O) groups excluding carboxylic acids is 2. The minimum atomic E-state index is -0.782. The number of nitrogens with one attached hydrogen (secondary N) is 1. The number of anilines is 1. The summed E-state index contributed by atoms with van der Waals surface area (Å²) in [7, 11) is 1.88. The standard InChI is InChI=1S/C25H19FN6O2/c1-15-27-22(16-8-10-18(26)11-9-16)23(31(15)2)19-12-13-21-28-20(14-32(21)30-19)29-25(34)24(33)17-6-4-3-5-7-17/h3-14H,1-2H3,(H,29,34). The first-order chi connectivity index (χ1) is 16.4. The Morgan fingerprint density at radius 1 is 0.941 bits per heavy atom. The third-order valence-corrected chi connectivity index (χ3v) is 5.48. The minimum absolute atomic E-state index is 0.207. The molecule has 168 valence electrons. The molecule has 2 aromatic carbocycles. The molecule has 3 aromatic heterocycles. The van der Waals surface area contributed by atoms with Gasteiger partial charge >= 0.3 is 0 Å². The van der Waals surface area contributed by atoms with Crippen LogP contribution in [0.5, 0.6) is 0 Å². The van der Waals surface area contributed by atoms with Crippen LogP contribution >= 0.6 is 0 Å². The van der Waals surface area contributed by atoms with Crippen LogP contribution in [0.1, 0.15) is 16.2 Å². The van der Waals surface area contributed by atoms with E-state index >= 15 is 0 Å². The van der Waals surface area contributed by atoms with E-state index in [4.69, 9.17) is 0 Å². The number of nitrogens with zero attached hydrogens (tertiary/aromatic N) is 5. The number of hydrogen-bond donors (Lipinski definition) is 1. The van der Waals surface area contributed by atoms with Crippen molar-refractivity contribution in [1.82, 2.24) is 24.1 Å². The van der Waals surface area contributed by atoms with Gasteiger partial charge in [-0.05, 0) is 43.3 Å². The topological polar surface area (TPSA) is 94.2 Å². The normalized spacial score (nSPS) is 11.0. The van der Waals surface area contributed by atoms with Crippen molar-refractivity contribution in [3.63, 3.8) is 0 Å². The number of hydrogen-bond acceptors (Lipinski definition) is 5. The second kappa shape index (κ2) is 8.36. The van der Waals surface area contributed by atoms with E-state index in [1.165, 1.54) is 22.8 Å². The second-order valence-corrected chi connectivity index (χ2v) is 7.72. The lowest BCUT2D eigenvalue weighted by atomic mass is 10.1. The van der Waals surface area contributed by atoms with Crippen LogP contribution in [0.25, 0.3) is 28.3 Å². The number of benzene rings is 2. The molecule has 5 aromatic rings. The number of carbonyl (C=O) groups is 2. The van der Waals surface area contributed by atoms with Gasteiger partial charge in [0.1, 0.15) is 17.3 Å². The fourth-order valence-corrected chi connectivity index (χ4v) is 3.67. The number of amides is 1. The van der Waals surface area contributed by atoms with E-state index in [0.29, 0.717) is 22.6 Å². The molecule has 1 N–H and O–H groups in total. The lowest BCUT2D eigenvalue weighted by molar-refractivity contribution is -0.112. The number of aromatic nitrogens is 5. The first-order valence-corrected chi connectivity index (χ1v) is 10.5. The minimum Gasteiger partial charge on any atom is -0.330 e. The van der Waals surface area contributed by atoms with Crippen molar-refractivity contribution in [2.24, 2.45) is 7.05 Å². The Labute approximate surface area is 193 Å². The van der Waals surface area contributed by atoms with Crippen LogP contribution < -0.4 is 5.32 Å². The summed E-state index contributed by atoms with van der Waals surface area (Å²) in [6.07, 6.45) is 1.54. The Hall–Kier alpha value is -4.66. The smallest absolute Gasteiger partial charge is 0.297 e. The third kappa shape index (κ3) is 3.83. The van der Waals surface area contributed by atoms with Gasteiger partial charge in [0.05, 0.1) is 17.6 Å². The van der Waals surface area contributed by atoms with Gasteiger partial charge in [0.25, 0.3) is 11.7 Å². The first-order valence-electron chi connectivity index (χ1n) is 10.5. The van der Waals surface area contributed by atoms with E-state index in [2.05, 4.69) is 20.4 Å². The molecule has 0 spiro atoms. The highest BCUT2D eigenvalue weighted by Gasteiger charge is 2.20. The predicted octanol–water partition coefficient (Wildman–Crippen LogP) is 4.07. The summed E-state index contributed by atoms with van der Waals surface area (Å²) < 4.78 is 16.9. The molecule has 0 atom stereocenters. The van der Waals surface area contributed by atoms with Gasteiger partial charge in [0.2, 0.25) is 0 Å². The highest BCUT2D eigenvalue weighted by Crippen LogP contribution is 2.31. The van der Waals surface area contributed by atoms with Crippen LogP contribution in [0, 0.1) is 12.7 Å². The van der Waals surface area contributed by atoms with Gasteiger partial charge < -0.3 is 9.88 Å². The van der Waals surface area contributed by atoms with Crippen molar-refractivity contribution in [2.45, 2.75) is 6.92 Å². The highest BCUT2D eigenvalue weighted by molar-refractivity contribution is 6.46. The SMILES string of the molecule is Cc1nc(-c2ccc(F)cc2)c(-c2ccc3nc(NC(=O)C(=O)c4ccccc4)cn3n2)n1C. The van der Waals surface area contributed by atoms with Gasteiger partial charge in [-0.1, -0.05) is 30.3 Å². The van der Waals surface area contributed by atoms with Crippen LogP contribution in [0.15, 0.2) is 72.9 Å². The van der Waals surface area contributed by atoms with Gasteiger partial charge in [-0.3, -0.25) is 9.59 Å². The molecule has 0 saturated carbocycles. The molecule has 34 heavy (non-hydrogen) atoms. The lowest BCUT2D eigenvalue weighted by Gasteiger charge is -2.07. The van der Waals surface area contributed by atoms with Crippen LogP contribution in [-0.2, 0) is 11.8 Å². The maximum absolute atomic E-state index is 13.4. The van der Waals surface area contributed by atoms with Gasteiger partial charge in [-0.2, -0.15) is 5.10 Å². The van der Waals surface area contributed by atoms with Crippen molar-refractivity contribution in [3.05, 3.63) is 90.1 Å². The Bertz CT molecular complexity index is 1540. The Morgan fingerprint density at radius 3 is 2.41 bits per heavy atom. The maximum atomic E-state index is 13.4. The Morgan fingerprint density at radius 2 is 1.68 bits per heavy atom. The van der Waals surface area contributed by atoms with Gasteiger partial charge in [-0.15, -0.1) is 0 Å². The van der Waals surface area contributed by atoms with Gasteiger partial charge in [0.15, 0.2) is 11.5 Å². The van der Waals surface area contributed by atoms with Crippen LogP contribution in [0.2, 0.25) is 0 Å². The molecule has 0 aliphatic carbocycles. The fraction of sp³-hybridized carbons (Fsp3) is 0.0800. The number of rotatable bonds is 5. The number of ketones is 1. The molecular weight excluding hydrogens is 435 g/mol. The highest BCUT2D eigenvalue weighted by atomic mass is 19.1. The quantitative estimate of drug-likeness (QED) is 0.319. The van der Waals surface area contributed by atoms with E-state index in [9.17, 15) is 14.0 Å². The summed E-state index contributed by atoms with van der Waals surface area (Å²) in [4.78, 5) is 33.7.